The van der Waals surface area contributed by atoms with E-state index in [2.05, 4.69) is 10.2 Å². The Hall–Kier alpha value is -2.94. The average molecular weight is 399 g/mol. The molecule has 154 valence electrons. The minimum atomic E-state index is -0.778. The van der Waals surface area contributed by atoms with Crippen molar-refractivity contribution in [3.63, 3.8) is 0 Å². The van der Waals surface area contributed by atoms with Crippen LogP contribution in [0.5, 0.6) is 5.75 Å². The minimum absolute atomic E-state index is 0.0756. The highest BCUT2D eigenvalue weighted by molar-refractivity contribution is 5.86. The quantitative estimate of drug-likeness (QED) is 0.717. The van der Waals surface area contributed by atoms with Gasteiger partial charge in [-0.2, -0.15) is 0 Å². The number of carbonyl (C=O) groups is 2. The van der Waals surface area contributed by atoms with Gasteiger partial charge in [0.15, 0.2) is 11.9 Å². The third-order valence-electron chi connectivity index (χ3n) is 5.46. The number of nitrogens with zero attached hydrogens (tertiary/aromatic N) is 5. The zero-order chi connectivity index (χ0) is 20.5. The van der Waals surface area contributed by atoms with Crippen LogP contribution in [0, 0.1) is 0 Å². The summed E-state index contributed by atoms with van der Waals surface area (Å²) in [6.45, 7) is 0.221. The summed E-state index contributed by atoms with van der Waals surface area (Å²) >= 11 is 0. The van der Waals surface area contributed by atoms with E-state index in [0.29, 0.717) is 12.4 Å². The van der Waals surface area contributed by atoms with Gasteiger partial charge in [0.2, 0.25) is 5.91 Å². The Kier molecular flexibility index (Phi) is 5.23. The van der Waals surface area contributed by atoms with Crippen LogP contribution in [0.25, 0.3) is 0 Å². The third kappa shape index (κ3) is 3.82. The van der Waals surface area contributed by atoms with Crippen LogP contribution in [0.15, 0.2) is 30.6 Å². The Labute approximate surface area is 169 Å². The maximum Gasteiger partial charge on any atom is 0.254 e. The predicted molar refractivity (Wildman–Crippen MR) is 103 cm³/mol. The normalized spacial score (nSPS) is 21.9. The number of aromatic nitrogens is 3. The van der Waals surface area contributed by atoms with Crippen molar-refractivity contribution in [1.82, 2.24) is 24.6 Å². The van der Waals surface area contributed by atoms with Gasteiger partial charge in [-0.05, 0) is 30.5 Å². The van der Waals surface area contributed by atoms with Gasteiger partial charge in [0, 0.05) is 20.1 Å². The first-order valence-corrected chi connectivity index (χ1v) is 9.64. The summed E-state index contributed by atoms with van der Waals surface area (Å²) in [6.07, 6.45) is 2.72. The van der Waals surface area contributed by atoms with Gasteiger partial charge in [0.1, 0.15) is 18.7 Å². The van der Waals surface area contributed by atoms with Gasteiger partial charge >= 0.3 is 0 Å². The van der Waals surface area contributed by atoms with Gasteiger partial charge < -0.3 is 23.8 Å². The predicted octanol–water partition coefficient (Wildman–Crippen LogP) is 0.913. The molecule has 1 aliphatic heterocycles. The van der Waals surface area contributed by atoms with E-state index in [9.17, 15) is 9.59 Å². The van der Waals surface area contributed by atoms with Gasteiger partial charge in [0.05, 0.1) is 19.7 Å². The van der Waals surface area contributed by atoms with E-state index in [1.165, 1.54) is 0 Å². The summed E-state index contributed by atoms with van der Waals surface area (Å²) < 4.78 is 12.8. The molecule has 1 aromatic carbocycles. The lowest BCUT2D eigenvalue weighted by atomic mass is 9.96. The summed E-state index contributed by atoms with van der Waals surface area (Å²) in [5, 5.41) is 7.90. The third-order valence-corrected chi connectivity index (χ3v) is 5.46. The van der Waals surface area contributed by atoms with Crippen molar-refractivity contribution in [2.45, 2.75) is 37.6 Å². The van der Waals surface area contributed by atoms with Crippen molar-refractivity contribution < 1.29 is 19.1 Å². The van der Waals surface area contributed by atoms with E-state index in [4.69, 9.17) is 9.47 Å². The fraction of sp³-hybridized carbons (Fsp3) is 0.500. The molecular weight excluding hydrogens is 374 g/mol. The lowest BCUT2D eigenvalue weighted by Gasteiger charge is -2.41. The molecule has 0 spiro atoms. The number of morpholine rings is 1. The van der Waals surface area contributed by atoms with E-state index >= 15 is 0 Å². The van der Waals surface area contributed by atoms with Crippen LogP contribution in [-0.2, 0) is 27.9 Å². The Morgan fingerprint density at radius 2 is 2.03 bits per heavy atom. The van der Waals surface area contributed by atoms with E-state index in [1.54, 1.807) is 30.0 Å². The molecule has 2 aromatic rings. The number of amides is 2. The second kappa shape index (κ2) is 7.82. The Balaban J connectivity index is 1.62. The maximum atomic E-state index is 13.3. The molecule has 2 heterocycles. The van der Waals surface area contributed by atoms with Crippen LogP contribution in [0.1, 0.15) is 30.3 Å². The van der Waals surface area contributed by atoms with Crippen LogP contribution in [0.4, 0.5) is 0 Å². The Morgan fingerprint density at radius 1 is 1.31 bits per heavy atom. The number of likely N-dealkylation sites (N-methyl/N-ethyl adjacent to an activating group) is 1. The first-order valence-electron chi connectivity index (χ1n) is 9.64. The molecule has 0 radical (unpaired) electrons. The van der Waals surface area contributed by atoms with Crippen LogP contribution in [0.3, 0.4) is 0 Å². The first-order chi connectivity index (χ1) is 14.0. The number of aryl methyl sites for hydroxylation is 1. The number of hydrogen-bond acceptors (Lipinski definition) is 6. The number of rotatable bonds is 6. The highest BCUT2D eigenvalue weighted by atomic mass is 16.5. The number of benzene rings is 1. The SMILES string of the molecule is COc1ccc([C@@H]2[C@@H](C(=O)N(C)Cc3nncn3C)OCC(=O)N2C2CC2)cc1. The Morgan fingerprint density at radius 3 is 2.62 bits per heavy atom. The second-order valence-electron chi connectivity index (χ2n) is 7.53. The molecule has 0 unspecified atom stereocenters. The van der Waals surface area contributed by atoms with Crippen molar-refractivity contribution in [2.75, 3.05) is 20.8 Å². The highest BCUT2D eigenvalue weighted by Gasteiger charge is 2.48. The molecule has 2 amide bonds. The topological polar surface area (TPSA) is 89.8 Å². The molecule has 1 saturated heterocycles. The van der Waals surface area contributed by atoms with Gasteiger partial charge in [-0.3, -0.25) is 9.59 Å². The van der Waals surface area contributed by atoms with Crippen molar-refractivity contribution >= 4 is 11.8 Å². The number of carbonyl (C=O) groups excluding carboxylic acids is 2. The maximum absolute atomic E-state index is 13.3. The fourth-order valence-electron chi connectivity index (χ4n) is 3.71. The van der Waals surface area contributed by atoms with Gasteiger partial charge in [-0.25, -0.2) is 0 Å². The molecule has 1 aromatic heterocycles. The number of methoxy groups -OCH3 is 1. The summed E-state index contributed by atoms with van der Waals surface area (Å²) in [6, 6.07) is 7.16. The lowest BCUT2D eigenvalue weighted by Crippen LogP contribution is -2.55. The summed E-state index contributed by atoms with van der Waals surface area (Å²) in [5.41, 5.74) is 0.858. The Bertz CT molecular complexity index is 893. The van der Waals surface area contributed by atoms with E-state index < -0.39 is 12.1 Å². The van der Waals surface area contributed by atoms with Crippen LogP contribution < -0.4 is 4.74 Å². The molecule has 1 aliphatic carbocycles. The summed E-state index contributed by atoms with van der Waals surface area (Å²) in [5.74, 6) is 1.13. The van der Waals surface area contributed by atoms with Crippen molar-refractivity contribution in [3.05, 3.63) is 42.0 Å². The smallest absolute Gasteiger partial charge is 0.254 e. The molecule has 1 saturated carbocycles. The largest absolute Gasteiger partial charge is 0.497 e. The fourth-order valence-corrected chi connectivity index (χ4v) is 3.71. The molecular formula is C20H25N5O4. The van der Waals surface area contributed by atoms with Crippen molar-refractivity contribution in [3.8, 4) is 5.75 Å². The van der Waals surface area contributed by atoms with E-state index in [0.717, 1.165) is 24.2 Å². The van der Waals surface area contributed by atoms with Crippen LogP contribution >= 0.6 is 0 Å². The zero-order valence-electron chi connectivity index (χ0n) is 16.8. The molecule has 2 aliphatic rings. The molecule has 0 bridgehead atoms. The van der Waals surface area contributed by atoms with Crippen LogP contribution in [0.2, 0.25) is 0 Å². The van der Waals surface area contributed by atoms with Gasteiger partial charge in [0.25, 0.3) is 5.91 Å². The monoisotopic (exact) mass is 399 g/mol. The number of hydrogen-bond donors (Lipinski definition) is 0. The van der Waals surface area contributed by atoms with E-state index in [-0.39, 0.29) is 24.5 Å². The van der Waals surface area contributed by atoms with Crippen LogP contribution in [-0.4, -0.2) is 69.3 Å². The van der Waals surface area contributed by atoms with Crippen molar-refractivity contribution in [2.24, 2.45) is 7.05 Å². The first kappa shape index (κ1) is 19.4. The average Bonchev–Trinajstić information content (AvgIpc) is 3.49. The molecule has 9 heteroatoms. The van der Waals surface area contributed by atoms with Crippen molar-refractivity contribution in [1.29, 1.82) is 0 Å². The molecule has 2 atom stereocenters. The second-order valence-corrected chi connectivity index (χ2v) is 7.53. The van der Waals surface area contributed by atoms with E-state index in [1.807, 2.05) is 36.2 Å². The molecule has 0 N–H and O–H groups in total. The summed E-state index contributed by atoms with van der Waals surface area (Å²) in [4.78, 5) is 29.4. The van der Waals surface area contributed by atoms with Gasteiger partial charge in [-0.1, -0.05) is 12.1 Å². The molecule has 4 rings (SSSR count). The highest BCUT2D eigenvalue weighted by Crippen LogP contribution is 2.40. The minimum Gasteiger partial charge on any atom is -0.497 e. The molecule has 2 fully saturated rings. The molecule has 29 heavy (non-hydrogen) atoms. The zero-order valence-corrected chi connectivity index (χ0v) is 16.8. The summed E-state index contributed by atoms with van der Waals surface area (Å²) in [7, 11) is 5.15. The standard InChI is InChI=1S/C20H25N5O4/c1-23(10-16-22-21-12-24(16)2)20(27)19-18(13-4-8-15(28-3)9-5-13)25(14-6-7-14)17(26)11-29-19/h4-5,8-9,12,14,18-19H,6-7,10-11H2,1-3H3/t18-,19+/m1/s1. The van der Waals surface area contributed by atoms with Gasteiger partial charge in [-0.15, -0.1) is 10.2 Å². The lowest BCUT2D eigenvalue weighted by molar-refractivity contribution is -0.170. The number of ether oxygens (including phenoxy) is 2. The molecule has 9 nitrogen and oxygen atoms in total.